The maximum atomic E-state index is 13.7. The highest BCUT2D eigenvalue weighted by molar-refractivity contribution is 7.18. The van der Waals surface area contributed by atoms with Gasteiger partial charge in [0.25, 0.3) is 5.56 Å². The predicted molar refractivity (Wildman–Crippen MR) is 112 cm³/mol. The van der Waals surface area contributed by atoms with Gasteiger partial charge in [0.2, 0.25) is 5.91 Å². The smallest absolute Gasteiger partial charge is 0.262 e. The van der Waals surface area contributed by atoms with E-state index < -0.39 is 0 Å². The Morgan fingerprint density at radius 2 is 2.03 bits per heavy atom. The number of nitrogens with zero attached hydrogens (tertiary/aromatic N) is 3. The van der Waals surface area contributed by atoms with Crippen molar-refractivity contribution in [1.82, 2.24) is 9.55 Å². The fraction of sp³-hybridized carbons (Fsp3) is 0.409. The van der Waals surface area contributed by atoms with Gasteiger partial charge in [-0.2, -0.15) is 0 Å². The van der Waals surface area contributed by atoms with E-state index in [0.29, 0.717) is 12.2 Å². The van der Waals surface area contributed by atoms with Crippen molar-refractivity contribution in [1.29, 1.82) is 0 Å². The van der Waals surface area contributed by atoms with Crippen LogP contribution >= 0.6 is 11.3 Å². The lowest BCUT2D eigenvalue weighted by molar-refractivity contribution is -0.118. The molecule has 3 aromatic rings. The molecule has 0 unspecified atom stereocenters. The van der Waals surface area contributed by atoms with Gasteiger partial charge in [0, 0.05) is 30.1 Å². The van der Waals surface area contributed by atoms with Gasteiger partial charge in [0.15, 0.2) is 0 Å². The van der Waals surface area contributed by atoms with Crippen molar-refractivity contribution in [2.45, 2.75) is 51.5 Å². The minimum Gasteiger partial charge on any atom is -0.312 e. The van der Waals surface area contributed by atoms with E-state index in [1.54, 1.807) is 33.2 Å². The number of hydrogen-bond acceptors (Lipinski definition) is 4. The van der Waals surface area contributed by atoms with E-state index in [4.69, 9.17) is 0 Å². The zero-order valence-corrected chi connectivity index (χ0v) is 16.9. The van der Waals surface area contributed by atoms with Crippen LogP contribution in [-0.4, -0.2) is 22.0 Å². The van der Waals surface area contributed by atoms with Crippen molar-refractivity contribution >= 4 is 33.1 Å². The minimum absolute atomic E-state index is 0.0488. The molecule has 1 aromatic carbocycles. The number of halogens is 1. The summed E-state index contributed by atoms with van der Waals surface area (Å²) in [6.07, 6.45) is 7.70. The number of fused-ring (bicyclic) bond motifs is 4. The van der Waals surface area contributed by atoms with Crippen LogP contribution in [0.5, 0.6) is 0 Å². The van der Waals surface area contributed by atoms with Gasteiger partial charge in [-0.25, -0.2) is 9.37 Å². The molecule has 3 heterocycles. The molecule has 2 aliphatic rings. The number of thiophene rings is 1. The summed E-state index contributed by atoms with van der Waals surface area (Å²) in [4.78, 5) is 34.2. The van der Waals surface area contributed by atoms with Gasteiger partial charge in [0.05, 0.1) is 11.7 Å². The van der Waals surface area contributed by atoms with E-state index in [1.807, 2.05) is 0 Å². The topological polar surface area (TPSA) is 55.2 Å². The number of carbonyl (C=O) groups excluding carboxylic acids is 1. The summed E-state index contributed by atoms with van der Waals surface area (Å²) in [6, 6.07) is 4.63. The molecular weight excluding hydrogens is 389 g/mol. The SMILES string of the molecule is O=C(CCn1cnc2sc3c(c2c1=O)CCCC3)N1CCCc2ccc(F)cc21. The standard InChI is InChI=1S/C22H22FN3O2S/c23-15-8-7-14-4-3-10-26(17(14)12-15)19(27)9-11-25-13-24-21-20(22(25)28)16-5-1-2-6-18(16)29-21/h7-8,12-13H,1-6,9-11H2. The van der Waals surface area contributed by atoms with Gasteiger partial charge in [-0.05, 0) is 61.8 Å². The van der Waals surface area contributed by atoms with Crippen molar-refractivity contribution in [2.75, 3.05) is 11.4 Å². The molecule has 2 aromatic heterocycles. The minimum atomic E-state index is -0.337. The number of anilines is 1. The molecule has 0 bridgehead atoms. The van der Waals surface area contributed by atoms with Gasteiger partial charge >= 0.3 is 0 Å². The van der Waals surface area contributed by atoms with Crippen LogP contribution in [0.15, 0.2) is 29.3 Å². The molecule has 5 rings (SSSR count). The monoisotopic (exact) mass is 411 g/mol. The molecule has 1 aliphatic heterocycles. The second-order valence-corrected chi connectivity index (χ2v) is 8.89. The third-order valence-electron chi connectivity index (χ3n) is 5.98. The van der Waals surface area contributed by atoms with E-state index in [1.165, 1.54) is 23.4 Å². The average Bonchev–Trinajstić information content (AvgIpc) is 3.12. The second-order valence-electron chi connectivity index (χ2n) is 7.81. The molecule has 0 fully saturated rings. The lowest BCUT2D eigenvalue weighted by Gasteiger charge is -2.29. The number of benzene rings is 1. The lowest BCUT2D eigenvalue weighted by Crippen LogP contribution is -2.36. The quantitative estimate of drug-likeness (QED) is 0.658. The van der Waals surface area contributed by atoms with Crippen molar-refractivity contribution < 1.29 is 9.18 Å². The highest BCUT2D eigenvalue weighted by Crippen LogP contribution is 2.33. The molecule has 1 aliphatic carbocycles. The molecular formula is C22H22FN3O2S. The fourth-order valence-electron chi connectivity index (χ4n) is 4.50. The van der Waals surface area contributed by atoms with Gasteiger partial charge in [-0.1, -0.05) is 6.07 Å². The van der Waals surface area contributed by atoms with Crippen LogP contribution in [0.2, 0.25) is 0 Å². The van der Waals surface area contributed by atoms with E-state index >= 15 is 0 Å². The predicted octanol–water partition coefficient (Wildman–Crippen LogP) is 3.85. The first-order chi connectivity index (χ1) is 14.1. The Kier molecular flexibility index (Phi) is 4.70. The largest absolute Gasteiger partial charge is 0.312 e. The van der Waals surface area contributed by atoms with Crippen molar-refractivity contribution in [2.24, 2.45) is 0 Å². The number of amides is 1. The summed E-state index contributed by atoms with van der Waals surface area (Å²) < 4.78 is 15.3. The maximum Gasteiger partial charge on any atom is 0.262 e. The molecule has 150 valence electrons. The third-order valence-corrected chi connectivity index (χ3v) is 7.18. The summed E-state index contributed by atoms with van der Waals surface area (Å²) in [6.45, 7) is 0.867. The molecule has 0 saturated heterocycles. The van der Waals surface area contributed by atoms with Crippen LogP contribution in [-0.2, 0) is 30.6 Å². The molecule has 0 N–H and O–H groups in total. The Labute approximate surface area is 171 Å². The van der Waals surface area contributed by atoms with Crippen LogP contribution in [0.25, 0.3) is 10.2 Å². The van der Waals surface area contributed by atoms with Gasteiger partial charge < -0.3 is 4.90 Å². The van der Waals surface area contributed by atoms with Gasteiger partial charge in [0.1, 0.15) is 10.6 Å². The zero-order valence-electron chi connectivity index (χ0n) is 16.1. The zero-order chi connectivity index (χ0) is 20.0. The highest BCUT2D eigenvalue weighted by Gasteiger charge is 2.24. The molecule has 29 heavy (non-hydrogen) atoms. The first kappa shape index (κ1) is 18.5. The fourth-order valence-corrected chi connectivity index (χ4v) is 5.72. The summed E-state index contributed by atoms with van der Waals surface area (Å²) in [5.74, 6) is -0.424. The number of carbonyl (C=O) groups is 1. The molecule has 1 amide bonds. The summed E-state index contributed by atoms with van der Waals surface area (Å²) in [7, 11) is 0. The molecule has 0 spiro atoms. The molecule has 0 saturated carbocycles. The molecule has 0 atom stereocenters. The van der Waals surface area contributed by atoms with Crippen molar-refractivity contribution in [3.8, 4) is 0 Å². The van der Waals surface area contributed by atoms with Gasteiger partial charge in [-0.3, -0.25) is 14.2 Å². The summed E-state index contributed by atoms with van der Waals surface area (Å²) in [5, 5.41) is 0.741. The Bertz CT molecular complexity index is 1170. The van der Waals surface area contributed by atoms with Crippen LogP contribution in [0, 0.1) is 5.82 Å². The second kappa shape index (κ2) is 7.37. The van der Waals surface area contributed by atoms with Crippen LogP contribution in [0.1, 0.15) is 41.7 Å². The maximum absolute atomic E-state index is 13.7. The Morgan fingerprint density at radius 1 is 1.17 bits per heavy atom. The molecule has 7 heteroatoms. The van der Waals surface area contributed by atoms with E-state index in [0.717, 1.165) is 53.4 Å². The van der Waals surface area contributed by atoms with Crippen molar-refractivity contribution in [3.05, 3.63) is 56.7 Å². The van der Waals surface area contributed by atoms with Crippen LogP contribution in [0.3, 0.4) is 0 Å². The van der Waals surface area contributed by atoms with Crippen molar-refractivity contribution in [3.63, 3.8) is 0 Å². The average molecular weight is 412 g/mol. The Balaban J connectivity index is 1.39. The third kappa shape index (κ3) is 3.27. The lowest BCUT2D eigenvalue weighted by atomic mass is 9.97. The van der Waals surface area contributed by atoms with E-state index in [-0.39, 0.29) is 30.2 Å². The van der Waals surface area contributed by atoms with Crippen LogP contribution in [0.4, 0.5) is 10.1 Å². The first-order valence-corrected chi connectivity index (χ1v) is 11.0. The Morgan fingerprint density at radius 3 is 2.93 bits per heavy atom. The van der Waals surface area contributed by atoms with E-state index in [2.05, 4.69) is 4.98 Å². The van der Waals surface area contributed by atoms with E-state index in [9.17, 15) is 14.0 Å². The summed E-state index contributed by atoms with van der Waals surface area (Å²) in [5.41, 5.74) is 2.77. The number of rotatable bonds is 3. The Hall–Kier alpha value is -2.54. The molecule has 0 radical (unpaired) electrons. The first-order valence-electron chi connectivity index (χ1n) is 10.2. The number of aryl methyl sites for hydroxylation is 4. The highest BCUT2D eigenvalue weighted by atomic mass is 32.1. The number of aromatic nitrogens is 2. The summed E-state index contributed by atoms with van der Waals surface area (Å²) >= 11 is 1.63. The van der Waals surface area contributed by atoms with Crippen LogP contribution < -0.4 is 10.5 Å². The molecule has 5 nitrogen and oxygen atoms in total. The number of hydrogen-bond donors (Lipinski definition) is 0. The normalized spacial score (nSPS) is 16.0. The van der Waals surface area contributed by atoms with Gasteiger partial charge in [-0.15, -0.1) is 11.3 Å².